The summed E-state index contributed by atoms with van der Waals surface area (Å²) in [6.45, 7) is 0. The van der Waals surface area contributed by atoms with E-state index in [4.69, 9.17) is 10.8 Å². The molecule has 0 aliphatic heterocycles. The van der Waals surface area contributed by atoms with Gasteiger partial charge in [-0.25, -0.2) is 4.79 Å². The first-order valence-corrected chi connectivity index (χ1v) is 6.18. The van der Waals surface area contributed by atoms with Crippen LogP contribution in [-0.4, -0.2) is 22.5 Å². The van der Waals surface area contributed by atoms with E-state index in [1.807, 2.05) is 0 Å². The van der Waals surface area contributed by atoms with E-state index in [1.165, 1.54) is 0 Å². The number of aromatic carboxylic acids is 1. The summed E-state index contributed by atoms with van der Waals surface area (Å²) >= 11 is 0. The molecule has 1 fully saturated rings. The number of benzene rings is 1. The maximum Gasteiger partial charge on any atom is 0.416 e. The fraction of sp³-hybridized carbons (Fsp3) is 0.385. The molecular formula is C13H13F3N2O3. The van der Waals surface area contributed by atoms with E-state index < -0.39 is 40.4 Å². The van der Waals surface area contributed by atoms with E-state index >= 15 is 0 Å². The number of carboxylic acid groups (broad SMARTS) is 1. The summed E-state index contributed by atoms with van der Waals surface area (Å²) < 4.78 is 38.0. The molecule has 1 saturated carbocycles. The van der Waals surface area contributed by atoms with Gasteiger partial charge in [-0.1, -0.05) is 0 Å². The Morgan fingerprint density at radius 3 is 2.33 bits per heavy atom. The van der Waals surface area contributed by atoms with Crippen molar-refractivity contribution in [2.75, 3.05) is 5.32 Å². The zero-order valence-electron chi connectivity index (χ0n) is 10.8. The van der Waals surface area contributed by atoms with Crippen molar-refractivity contribution in [1.82, 2.24) is 0 Å². The smallest absolute Gasteiger partial charge is 0.416 e. The predicted octanol–water partition coefficient (Wildman–Crippen LogP) is 2.22. The van der Waals surface area contributed by atoms with Gasteiger partial charge in [0.25, 0.3) is 0 Å². The SMILES string of the molecule is NC1(C(=O)Nc2cc(C(F)(F)F)ccc2C(=O)O)CCC1. The molecule has 8 heteroatoms. The number of amides is 1. The van der Waals surface area contributed by atoms with E-state index in [-0.39, 0.29) is 0 Å². The molecule has 4 N–H and O–H groups in total. The van der Waals surface area contributed by atoms with Gasteiger partial charge in [-0.2, -0.15) is 13.2 Å². The Balaban J connectivity index is 2.35. The van der Waals surface area contributed by atoms with Crippen LogP contribution in [-0.2, 0) is 11.0 Å². The van der Waals surface area contributed by atoms with Crippen molar-refractivity contribution >= 4 is 17.6 Å². The molecule has 1 aromatic rings. The third kappa shape index (κ3) is 2.99. The van der Waals surface area contributed by atoms with Crippen molar-refractivity contribution in [2.45, 2.75) is 31.0 Å². The van der Waals surface area contributed by atoms with E-state index in [0.29, 0.717) is 25.0 Å². The van der Waals surface area contributed by atoms with E-state index in [1.54, 1.807) is 0 Å². The maximum atomic E-state index is 12.7. The molecule has 0 unspecified atom stereocenters. The number of carbonyl (C=O) groups is 2. The highest BCUT2D eigenvalue weighted by Gasteiger charge is 2.40. The summed E-state index contributed by atoms with van der Waals surface area (Å²) in [7, 11) is 0. The minimum Gasteiger partial charge on any atom is -0.478 e. The molecule has 21 heavy (non-hydrogen) atoms. The van der Waals surface area contributed by atoms with Crippen molar-refractivity contribution in [3.8, 4) is 0 Å². The van der Waals surface area contributed by atoms with Crippen molar-refractivity contribution in [3.05, 3.63) is 29.3 Å². The maximum absolute atomic E-state index is 12.7. The third-order valence-electron chi connectivity index (χ3n) is 3.52. The molecule has 0 bridgehead atoms. The fourth-order valence-electron chi connectivity index (χ4n) is 2.04. The van der Waals surface area contributed by atoms with Crippen LogP contribution >= 0.6 is 0 Å². The van der Waals surface area contributed by atoms with Gasteiger partial charge in [-0.3, -0.25) is 4.79 Å². The van der Waals surface area contributed by atoms with Crippen molar-refractivity contribution in [2.24, 2.45) is 5.73 Å². The molecular weight excluding hydrogens is 289 g/mol. The van der Waals surface area contributed by atoms with E-state index in [9.17, 15) is 22.8 Å². The van der Waals surface area contributed by atoms with Gasteiger partial charge in [-0.05, 0) is 37.5 Å². The van der Waals surface area contributed by atoms with Crippen LogP contribution in [0.5, 0.6) is 0 Å². The quantitative estimate of drug-likeness (QED) is 0.798. The molecule has 1 amide bonds. The minimum atomic E-state index is -4.63. The molecule has 5 nitrogen and oxygen atoms in total. The molecule has 2 rings (SSSR count). The summed E-state index contributed by atoms with van der Waals surface area (Å²) in [5.74, 6) is -2.10. The number of rotatable bonds is 3. The van der Waals surface area contributed by atoms with Crippen molar-refractivity contribution < 1.29 is 27.9 Å². The predicted molar refractivity (Wildman–Crippen MR) is 67.8 cm³/mol. The summed E-state index contributed by atoms with van der Waals surface area (Å²) in [6.07, 6.45) is -3.05. The van der Waals surface area contributed by atoms with Gasteiger partial charge in [0, 0.05) is 0 Å². The molecule has 114 valence electrons. The van der Waals surface area contributed by atoms with Gasteiger partial charge in [0.2, 0.25) is 5.91 Å². The molecule has 0 spiro atoms. The number of anilines is 1. The Morgan fingerprint density at radius 1 is 1.29 bits per heavy atom. The number of alkyl halides is 3. The number of nitrogens with one attached hydrogen (secondary N) is 1. The number of halogens is 3. The van der Waals surface area contributed by atoms with Crippen LogP contribution < -0.4 is 11.1 Å². The lowest BCUT2D eigenvalue weighted by Crippen LogP contribution is -2.56. The normalized spacial score (nSPS) is 17.0. The monoisotopic (exact) mass is 302 g/mol. The Bertz CT molecular complexity index is 595. The fourth-order valence-corrected chi connectivity index (χ4v) is 2.04. The first kappa shape index (κ1) is 15.3. The summed E-state index contributed by atoms with van der Waals surface area (Å²) in [5, 5.41) is 11.2. The zero-order chi connectivity index (χ0) is 15.8. The molecule has 0 atom stereocenters. The molecule has 1 aliphatic rings. The van der Waals surface area contributed by atoms with Crippen LogP contribution in [0.15, 0.2) is 18.2 Å². The number of nitrogens with two attached hydrogens (primary N) is 1. The second-order valence-corrected chi connectivity index (χ2v) is 5.03. The second-order valence-electron chi connectivity index (χ2n) is 5.03. The standard InChI is InChI=1S/C13H13F3N2O3/c14-13(15,16)7-2-3-8(10(19)20)9(6-7)18-11(21)12(17)4-1-5-12/h2-3,6H,1,4-5,17H2,(H,18,21)(H,19,20). The minimum absolute atomic E-state index is 0.404. The van der Waals surface area contributed by atoms with Crippen molar-refractivity contribution in [3.63, 3.8) is 0 Å². The van der Waals surface area contributed by atoms with Gasteiger partial charge in [-0.15, -0.1) is 0 Å². The number of carboxylic acids is 1. The summed E-state index contributed by atoms with van der Waals surface area (Å²) in [4.78, 5) is 23.0. The molecule has 0 saturated heterocycles. The van der Waals surface area contributed by atoms with Gasteiger partial charge in [0.15, 0.2) is 0 Å². The highest BCUT2D eigenvalue weighted by molar-refractivity contribution is 6.04. The topological polar surface area (TPSA) is 92.4 Å². The van der Waals surface area contributed by atoms with Crippen LogP contribution in [0.3, 0.4) is 0 Å². The zero-order valence-corrected chi connectivity index (χ0v) is 10.8. The lowest BCUT2D eigenvalue weighted by molar-refractivity contribution is -0.137. The highest BCUT2D eigenvalue weighted by atomic mass is 19.4. The molecule has 0 heterocycles. The Hall–Kier alpha value is -2.09. The number of carbonyl (C=O) groups excluding carboxylic acids is 1. The van der Waals surface area contributed by atoms with Crippen LogP contribution in [0.1, 0.15) is 35.2 Å². The van der Waals surface area contributed by atoms with E-state index in [2.05, 4.69) is 5.32 Å². The van der Waals surface area contributed by atoms with Gasteiger partial charge in [0.1, 0.15) is 0 Å². The largest absolute Gasteiger partial charge is 0.478 e. The summed E-state index contributed by atoms with van der Waals surface area (Å²) in [5.41, 5.74) is 2.77. The van der Waals surface area contributed by atoms with Gasteiger partial charge in [0.05, 0.1) is 22.4 Å². The number of hydrogen-bond donors (Lipinski definition) is 3. The first-order valence-electron chi connectivity index (χ1n) is 6.18. The molecule has 1 aliphatic carbocycles. The molecule has 1 aromatic carbocycles. The number of hydrogen-bond acceptors (Lipinski definition) is 3. The lowest BCUT2D eigenvalue weighted by atomic mass is 9.77. The first-order chi connectivity index (χ1) is 9.63. The summed E-state index contributed by atoms with van der Waals surface area (Å²) in [6, 6.07) is 2.06. The highest BCUT2D eigenvalue weighted by Crippen LogP contribution is 2.34. The molecule has 0 radical (unpaired) electrons. The second kappa shape index (κ2) is 5.03. The van der Waals surface area contributed by atoms with Crippen LogP contribution in [0.2, 0.25) is 0 Å². The lowest BCUT2D eigenvalue weighted by Gasteiger charge is -2.36. The Morgan fingerprint density at radius 2 is 1.90 bits per heavy atom. The Labute approximate surface area is 117 Å². The Kier molecular flexibility index (Phi) is 3.66. The average Bonchev–Trinajstić information content (AvgIpc) is 2.34. The van der Waals surface area contributed by atoms with Crippen LogP contribution in [0, 0.1) is 0 Å². The average molecular weight is 302 g/mol. The van der Waals surface area contributed by atoms with Crippen molar-refractivity contribution in [1.29, 1.82) is 0 Å². The molecule has 0 aromatic heterocycles. The van der Waals surface area contributed by atoms with Crippen LogP contribution in [0.25, 0.3) is 0 Å². The van der Waals surface area contributed by atoms with E-state index in [0.717, 1.165) is 12.5 Å². The van der Waals surface area contributed by atoms with Crippen LogP contribution in [0.4, 0.5) is 18.9 Å². The third-order valence-corrected chi connectivity index (χ3v) is 3.52. The van der Waals surface area contributed by atoms with Gasteiger partial charge < -0.3 is 16.2 Å². The van der Waals surface area contributed by atoms with Gasteiger partial charge >= 0.3 is 12.1 Å².